The summed E-state index contributed by atoms with van der Waals surface area (Å²) in [7, 11) is -3.67. The number of carbonyl (C=O) groups excluding carboxylic acids is 3. The molecule has 0 atom stereocenters. The third-order valence-electron chi connectivity index (χ3n) is 6.50. The van der Waals surface area contributed by atoms with Crippen molar-refractivity contribution in [3.63, 3.8) is 0 Å². The standard InChI is InChI=1S/C28H29F6N3O6S/c1-16(38)35-13-12-26(27(29,30)31,28(32,33)34)18-6-8-19(9-7-18)36-23(39)22-21-11-10-20(44(5,41)42)14-17(21)15-37(22)24(40)43-25(2,3)4/h6-11,14-15H,12-13H2,1-5H3,(H,35,38)(H,36,39). The van der Waals surface area contributed by atoms with Crippen LogP contribution in [0.25, 0.3) is 10.8 Å². The van der Waals surface area contributed by atoms with Crippen molar-refractivity contribution in [3.8, 4) is 0 Å². The normalized spacial score (nSPS) is 13.1. The van der Waals surface area contributed by atoms with Crippen LogP contribution in [-0.2, 0) is 24.8 Å². The van der Waals surface area contributed by atoms with Crippen molar-refractivity contribution in [1.82, 2.24) is 9.88 Å². The van der Waals surface area contributed by atoms with E-state index in [0.717, 1.165) is 29.9 Å². The van der Waals surface area contributed by atoms with E-state index < -0.39 is 69.6 Å². The van der Waals surface area contributed by atoms with E-state index >= 15 is 0 Å². The molecule has 0 spiro atoms. The molecule has 0 aliphatic carbocycles. The average Bonchev–Trinajstić information content (AvgIpc) is 3.23. The summed E-state index contributed by atoms with van der Waals surface area (Å²) in [4.78, 5) is 37.4. The lowest BCUT2D eigenvalue weighted by molar-refractivity contribution is -0.305. The lowest BCUT2D eigenvalue weighted by Gasteiger charge is -2.38. The number of hydrogen-bond acceptors (Lipinski definition) is 6. The molecule has 0 saturated carbocycles. The van der Waals surface area contributed by atoms with Gasteiger partial charge in [0.05, 0.1) is 4.90 Å². The summed E-state index contributed by atoms with van der Waals surface area (Å²) >= 11 is 0. The molecule has 0 fully saturated rings. The Morgan fingerprint density at radius 2 is 1.48 bits per heavy atom. The molecule has 2 N–H and O–H groups in total. The first-order valence-electron chi connectivity index (χ1n) is 12.9. The van der Waals surface area contributed by atoms with E-state index in [9.17, 15) is 49.1 Å². The van der Waals surface area contributed by atoms with Crippen molar-refractivity contribution in [2.75, 3.05) is 18.1 Å². The van der Waals surface area contributed by atoms with E-state index in [-0.39, 0.29) is 27.0 Å². The van der Waals surface area contributed by atoms with Gasteiger partial charge in [0.15, 0.2) is 15.3 Å². The van der Waals surface area contributed by atoms with Crippen molar-refractivity contribution in [2.24, 2.45) is 0 Å². The molecule has 44 heavy (non-hydrogen) atoms. The quantitative estimate of drug-likeness (QED) is 0.304. The Bertz CT molecular complexity index is 1670. The molecular weight excluding hydrogens is 620 g/mol. The topological polar surface area (TPSA) is 124 Å². The van der Waals surface area contributed by atoms with Gasteiger partial charge in [0.2, 0.25) is 5.91 Å². The van der Waals surface area contributed by atoms with Gasteiger partial charge in [0, 0.05) is 42.4 Å². The molecule has 0 unspecified atom stereocenters. The number of aromatic nitrogens is 1. The second-order valence-electron chi connectivity index (χ2n) is 11.0. The van der Waals surface area contributed by atoms with Crippen LogP contribution >= 0.6 is 0 Å². The van der Waals surface area contributed by atoms with Gasteiger partial charge in [0.1, 0.15) is 11.3 Å². The van der Waals surface area contributed by atoms with Gasteiger partial charge in [-0.05, 0) is 57.0 Å². The van der Waals surface area contributed by atoms with Gasteiger partial charge in [0.25, 0.3) is 5.91 Å². The second-order valence-corrected chi connectivity index (χ2v) is 13.0. The number of alkyl halides is 6. The number of anilines is 1. The molecule has 0 bridgehead atoms. The molecule has 3 aromatic rings. The highest BCUT2D eigenvalue weighted by Crippen LogP contribution is 2.54. The molecule has 9 nitrogen and oxygen atoms in total. The number of sulfone groups is 1. The molecule has 3 rings (SSSR count). The van der Waals surface area contributed by atoms with Crippen LogP contribution in [0.5, 0.6) is 0 Å². The Hall–Kier alpha value is -4.08. The number of nitrogens with one attached hydrogen (secondary N) is 2. The summed E-state index contributed by atoms with van der Waals surface area (Å²) in [5.41, 5.74) is -7.04. The van der Waals surface area contributed by atoms with Crippen LogP contribution in [0, 0.1) is 0 Å². The first kappa shape index (κ1) is 34.4. The number of amides is 2. The van der Waals surface area contributed by atoms with Crippen molar-refractivity contribution in [3.05, 3.63) is 59.9 Å². The zero-order valence-corrected chi connectivity index (χ0v) is 24.9. The highest BCUT2D eigenvalue weighted by Gasteiger charge is 2.71. The predicted molar refractivity (Wildman–Crippen MR) is 148 cm³/mol. The van der Waals surface area contributed by atoms with Crippen molar-refractivity contribution in [1.29, 1.82) is 0 Å². The molecule has 0 radical (unpaired) electrons. The summed E-state index contributed by atoms with van der Waals surface area (Å²) in [6.45, 7) is 4.73. The zero-order chi connectivity index (χ0) is 33.5. The maximum Gasteiger partial charge on any atom is 0.419 e. The van der Waals surface area contributed by atoms with Gasteiger partial charge in [-0.3, -0.25) is 9.59 Å². The van der Waals surface area contributed by atoms with Crippen LogP contribution in [0.2, 0.25) is 0 Å². The number of nitrogens with zero attached hydrogens (tertiary/aromatic N) is 1. The third-order valence-corrected chi connectivity index (χ3v) is 7.61. The minimum atomic E-state index is -5.80. The van der Waals surface area contributed by atoms with Gasteiger partial charge in [-0.1, -0.05) is 18.2 Å². The average molecular weight is 650 g/mol. The van der Waals surface area contributed by atoms with Gasteiger partial charge in [-0.25, -0.2) is 17.8 Å². The number of halogens is 6. The Labute approximate surface area is 248 Å². The van der Waals surface area contributed by atoms with Crippen LogP contribution in [-0.4, -0.2) is 61.6 Å². The molecule has 2 amide bonds. The van der Waals surface area contributed by atoms with Crippen LogP contribution < -0.4 is 10.6 Å². The minimum absolute atomic E-state index is 0.106. The van der Waals surface area contributed by atoms with E-state index in [0.29, 0.717) is 12.1 Å². The van der Waals surface area contributed by atoms with Crippen LogP contribution in [0.3, 0.4) is 0 Å². The van der Waals surface area contributed by atoms with E-state index in [1.807, 2.05) is 5.32 Å². The van der Waals surface area contributed by atoms with Gasteiger partial charge >= 0.3 is 18.4 Å². The predicted octanol–water partition coefficient (Wildman–Crippen LogP) is 5.97. The van der Waals surface area contributed by atoms with E-state index in [2.05, 4.69) is 5.32 Å². The fourth-order valence-electron chi connectivity index (χ4n) is 4.48. The molecule has 0 aliphatic heterocycles. The Kier molecular flexibility index (Phi) is 9.21. The van der Waals surface area contributed by atoms with Gasteiger partial charge < -0.3 is 15.4 Å². The Morgan fingerprint density at radius 1 is 0.909 bits per heavy atom. The summed E-state index contributed by atoms with van der Waals surface area (Å²) in [6, 6.07) is 6.51. The molecule has 1 aromatic heterocycles. The van der Waals surface area contributed by atoms with E-state index in [1.165, 1.54) is 24.4 Å². The minimum Gasteiger partial charge on any atom is -0.443 e. The number of ether oxygens (including phenoxy) is 1. The number of rotatable bonds is 7. The van der Waals surface area contributed by atoms with Crippen LogP contribution in [0.1, 0.15) is 50.2 Å². The lowest BCUT2D eigenvalue weighted by atomic mass is 9.75. The van der Waals surface area contributed by atoms with Crippen molar-refractivity contribution < 1.29 is 53.9 Å². The highest BCUT2D eigenvalue weighted by atomic mass is 32.2. The molecule has 2 aromatic carbocycles. The number of benzene rings is 2. The Balaban J connectivity index is 2.06. The van der Waals surface area contributed by atoms with E-state index in [1.54, 1.807) is 20.8 Å². The summed E-state index contributed by atoms with van der Waals surface area (Å²) in [6.07, 6.45) is -12.0. The van der Waals surface area contributed by atoms with Crippen molar-refractivity contribution >= 4 is 44.2 Å². The highest BCUT2D eigenvalue weighted by molar-refractivity contribution is 7.90. The summed E-state index contributed by atoms with van der Waals surface area (Å²) in [5.74, 6) is -1.80. The maximum absolute atomic E-state index is 14.1. The van der Waals surface area contributed by atoms with Gasteiger partial charge in [-0.15, -0.1) is 0 Å². The molecule has 16 heteroatoms. The zero-order valence-electron chi connectivity index (χ0n) is 24.1. The second kappa shape index (κ2) is 11.8. The summed E-state index contributed by atoms with van der Waals surface area (Å²) in [5, 5.41) is 4.58. The smallest absolute Gasteiger partial charge is 0.419 e. The molecule has 240 valence electrons. The molecule has 0 saturated heterocycles. The number of hydrogen-bond donors (Lipinski definition) is 2. The van der Waals surface area contributed by atoms with E-state index in [4.69, 9.17) is 4.74 Å². The monoisotopic (exact) mass is 649 g/mol. The number of fused-ring (bicyclic) bond motifs is 1. The van der Waals surface area contributed by atoms with Gasteiger partial charge in [-0.2, -0.15) is 26.3 Å². The first-order chi connectivity index (χ1) is 20.0. The number of carbonyl (C=O) groups is 3. The molecule has 0 aliphatic rings. The fraction of sp³-hybridized carbons (Fsp3) is 0.393. The molecular formula is C28H29F6N3O6S. The van der Waals surface area contributed by atoms with Crippen molar-refractivity contribution in [2.45, 2.75) is 62.4 Å². The third kappa shape index (κ3) is 7.17. The summed E-state index contributed by atoms with van der Waals surface area (Å²) < 4.78 is 115. The largest absolute Gasteiger partial charge is 0.443 e. The molecule has 1 heterocycles. The fourth-order valence-corrected chi connectivity index (χ4v) is 5.14. The Morgan fingerprint density at radius 3 is 1.95 bits per heavy atom. The maximum atomic E-state index is 14.1. The lowest BCUT2D eigenvalue weighted by Crippen LogP contribution is -2.55. The first-order valence-corrected chi connectivity index (χ1v) is 14.8. The van der Waals surface area contributed by atoms with Crippen LogP contribution in [0.4, 0.5) is 36.8 Å². The van der Waals surface area contributed by atoms with Crippen LogP contribution in [0.15, 0.2) is 53.6 Å². The SMILES string of the molecule is CC(=O)NCCC(c1ccc(NC(=O)c2c3ccc(S(C)(=O)=O)cc3cn2C(=O)OC(C)(C)C)cc1)(C(F)(F)F)C(F)(F)F.